The van der Waals surface area contributed by atoms with Crippen molar-refractivity contribution in [2.75, 3.05) is 38.1 Å². The van der Waals surface area contributed by atoms with E-state index in [1.165, 1.54) is 6.07 Å². The molecule has 1 saturated heterocycles. The average Bonchev–Trinajstić information content (AvgIpc) is 2.93. The Kier molecular flexibility index (Phi) is 4.31. The molecule has 0 aliphatic carbocycles. The summed E-state index contributed by atoms with van der Waals surface area (Å²) >= 11 is 0. The maximum atomic E-state index is 14.0. The lowest BCUT2D eigenvalue weighted by Crippen LogP contribution is -2.29. The number of hydrogen-bond acceptors (Lipinski definition) is 5. The molecule has 4 heterocycles. The smallest absolute Gasteiger partial charge is 0.167 e. The van der Waals surface area contributed by atoms with E-state index >= 15 is 0 Å². The molecule has 0 bridgehead atoms. The van der Waals surface area contributed by atoms with Gasteiger partial charge in [-0.25, -0.2) is 23.7 Å². The summed E-state index contributed by atoms with van der Waals surface area (Å²) in [6, 6.07) is 6.28. The normalized spacial score (nSPS) is 16.2. The number of benzene rings is 1. The number of rotatable bonds is 2. The molecule has 0 radical (unpaired) electrons. The van der Waals surface area contributed by atoms with Crippen LogP contribution in [0.2, 0.25) is 0 Å². The van der Waals surface area contributed by atoms with E-state index in [0.717, 1.165) is 50.2 Å². The summed E-state index contributed by atoms with van der Waals surface area (Å²) in [6.45, 7) is 5.84. The van der Waals surface area contributed by atoms with Crippen LogP contribution in [0.5, 0.6) is 0 Å². The van der Waals surface area contributed by atoms with E-state index in [9.17, 15) is 8.78 Å². The van der Waals surface area contributed by atoms with Crippen molar-refractivity contribution in [1.82, 2.24) is 24.3 Å². The fraction of sp³-hybridized carbons (Fsp3) is 0.381. The number of hydrogen-bond donors (Lipinski definition) is 0. The van der Waals surface area contributed by atoms with Crippen LogP contribution in [0.1, 0.15) is 19.0 Å². The SMILES string of the molecule is CCc1nc2ccc(N3CCCN(C)CC3)nc2n2c1nc1cc(F)c(F)cc12. The van der Waals surface area contributed by atoms with Crippen molar-refractivity contribution in [2.24, 2.45) is 0 Å². The number of fused-ring (bicyclic) bond motifs is 5. The van der Waals surface area contributed by atoms with Crippen molar-refractivity contribution in [2.45, 2.75) is 19.8 Å². The third kappa shape index (κ3) is 2.98. The molecule has 8 heteroatoms. The van der Waals surface area contributed by atoms with E-state index in [1.807, 2.05) is 23.5 Å². The van der Waals surface area contributed by atoms with Crippen molar-refractivity contribution in [3.8, 4) is 0 Å². The van der Waals surface area contributed by atoms with E-state index < -0.39 is 11.6 Å². The zero-order valence-electron chi connectivity index (χ0n) is 16.5. The molecule has 1 aliphatic rings. The number of likely N-dealkylation sites (N-methyl/N-ethyl adjacent to an activating group) is 1. The lowest BCUT2D eigenvalue weighted by molar-refractivity contribution is 0.360. The van der Waals surface area contributed by atoms with E-state index in [1.54, 1.807) is 0 Å². The van der Waals surface area contributed by atoms with Gasteiger partial charge in [-0.05, 0) is 38.6 Å². The van der Waals surface area contributed by atoms with Gasteiger partial charge in [0, 0.05) is 31.8 Å². The minimum absolute atomic E-state index is 0.400. The van der Waals surface area contributed by atoms with Crippen LogP contribution >= 0.6 is 0 Å². The maximum Gasteiger partial charge on any atom is 0.167 e. The second kappa shape index (κ2) is 6.88. The fourth-order valence-corrected chi connectivity index (χ4v) is 4.05. The summed E-state index contributed by atoms with van der Waals surface area (Å²) in [4.78, 5) is 18.7. The predicted molar refractivity (Wildman–Crippen MR) is 109 cm³/mol. The molecule has 6 nitrogen and oxygen atoms in total. The van der Waals surface area contributed by atoms with Crippen molar-refractivity contribution in [1.29, 1.82) is 0 Å². The van der Waals surface area contributed by atoms with Gasteiger partial charge in [0.15, 0.2) is 22.9 Å². The molecule has 5 rings (SSSR count). The highest BCUT2D eigenvalue weighted by Crippen LogP contribution is 2.27. The first kappa shape index (κ1) is 18.2. The lowest BCUT2D eigenvalue weighted by atomic mass is 10.3. The number of nitrogens with zero attached hydrogens (tertiary/aromatic N) is 6. The van der Waals surface area contributed by atoms with E-state index in [0.29, 0.717) is 34.3 Å². The molecule has 29 heavy (non-hydrogen) atoms. The number of anilines is 1. The number of imidazole rings is 1. The quantitative estimate of drug-likeness (QED) is 0.520. The number of pyridine rings is 1. The van der Waals surface area contributed by atoms with Gasteiger partial charge in [0.25, 0.3) is 0 Å². The van der Waals surface area contributed by atoms with Crippen LogP contribution in [-0.4, -0.2) is 57.5 Å². The Bertz CT molecular complexity index is 1230. The predicted octanol–water partition coefficient (Wildman–Crippen LogP) is 3.41. The third-order valence-corrected chi connectivity index (χ3v) is 5.64. The largest absolute Gasteiger partial charge is 0.355 e. The summed E-state index contributed by atoms with van der Waals surface area (Å²) in [5.41, 5.74) is 3.60. The second-order valence-corrected chi connectivity index (χ2v) is 7.59. The monoisotopic (exact) mass is 396 g/mol. The van der Waals surface area contributed by atoms with E-state index in [4.69, 9.17) is 9.97 Å². The van der Waals surface area contributed by atoms with Gasteiger partial charge in [-0.1, -0.05) is 6.92 Å². The van der Waals surface area contributed by atoms with Crippen LogP contribution in [0.3, 0.4) is 0 Å². The summed E-state index contributed by atoms with van der Waals surface area (Å²) < 4.78 is 29.6. The topological polar surface area (TPSA) is 49.6 Å². The Morgan fingerprint density at radius 2 is 1.72 bits per heavy atom. The van der Waals surface area contributed by atoms with Crippen LogP contribution in [0.25, 0.3) is 27.8 Å². The Hall–Kier alpha value is -2.87. The van der Waals surface area contributed by atoms with Crippen molar-refractivity contribution < 1.29 is 8.78 Å². The highest BCUT2D eigenvalue weighted by atomic mass is 19.2. The number of halogens is 2. The summed E-state index contributed by atoms with van der Waals surface area (Å²) in [5.74, 6) is -0.933. The maximum absolute atomic E-state index is 14.0. The molecule has 0 unspecified atom stereocenters. The van der Waals surface area contributed by atoms with E-state index in [2.05, 4.69) is 21.8 Å². The first-order valence-electron chi connectivity index (χ1n) is 9.95. The Morgan fingerprint density at radius 3 is 2.55 bits per heavy atom. The van der Waals surface area contributed by atoms with Crippen LogP contribution in [0, 0.1) is 11.6 Å². The van der Waals surface area contributed by atoms with Gasteiger partial charge in [-0.3, -0.25) is 4.40 Å². The molecule has 0 amide bonds. The molecule has 0 spiro atoms. The van der Waals surface area contributed by atoms with Crippen LogP contribution in [0.4, 0.5) is 14.6 Å². The van der Waals surface area contributed by atoms with Crippen molar-refractivity contribution in [3.05, 3.63) is 41.6 Å². The number of aryl methyl sites for hydroxylation is 1. The molecule has 1 aliphatic heterocycles. The molecular weight excluding hydrogens is 374 g/mol. The third-order valence-electron chi connectivity index (χ3n) is 5.64. The standard InChI is InChI=1S/C21H22F2N6/c1-3-15-20-25-17-11-13(22)14(23)12-18(17)29(20)21-16(24-15)5-6-19(26-21)28-8-4-7-27(2)9-10-28/h5-6,11-12H,3-4,7-10H2,1-2H3. The Morgan fingerprint density at radius 1 is 0.897 bits per heavy atom. The zero-order chi connectivity index (χ0) is 20.1. The molecular formula is C21H22F2N6. The first-order chi connectivity index (χ1) is 14.0. The lowest BCUT2D eigenvalue weighted by Gasteiger charge is -2.22. The average molecular weight is 396 g/mol. The zero-order valence-corrected chi connectivity index (χ0v) is 16.5. The molecule has 1 fully saturated rings. The summed E-state index contributed by atoms with van der Waals surface area (Å²) in [5, 5.41) is 0. The van der Waals surface area contributed by atoms with Gasteiger partial charge in [-0.15, -0.1) is 0 Å². The van der Waals surface area contributed by atoms with Gasteiger partial charge >= 0.3 is 0 Å². The molecule has 0 N–H and O–H groups in total. The second-order valence-electron chi connectivity index (χ2n) is 7.59. The molecule has 3 aromatic heterocycles. The number of aromatic nitrogens is 4. The summed E-state index contributed by atoms with van der Waals surface area (Å²) in [7, 11) is 2.13. The Balaban J connectivity index is 1.77. The van der Waals surface area contributed by atoms with Gasteiger partial charge in [0.2, 0.25) is 0 Å². The van der Waals surface area contributed by atoms with Crippen LogP contribution in [0.15, 0.2) is 24.3 Å². The van der Waals surface area contributed by atoms with Crippen LogP contribution < -0.4 is 4.90 Å². The minimum atomic E-state index is -0.904. The molecule has 150 valence electrons. The Labute approximate surface area is 166 Å². The van der Waals surface area contributed by atoms with Crippen molar-refractivity contribution in [3.63, 3.8) is 0 Å². The van der Waals surface area contributed by atoms with Gasteiger partial charge in [0.1, 0.15) is 11.3 Å². The fourth-order valence-electron chi connectivity index (χ4n) is 4.05. The highest BCUT2D eigenvalue weighted by Gasteiger charge is 2.19. The molecule has 1 aromatic carbocycles. The molecule has 0 atom stereocenters. The van der Waals surface area contributed by atoms with Gasteiger partial charge in [-0.2, -0.15) is 0 Å². The van der Waals surface area contributed by atoms with Crippen LogP contribution in [-0.2, 0) is 6.42 Å². The summed E-state index contributed by atoms with van der Waals surface area (Å²) in [6.07, 6.45) is 1.73. The van der Waals surface area contributed by atoms with Gasteiger partial charge in [0.05, 0.1) is 16.7 Å². The first-order valence-corrected chi connectivity index (χ1v) is 9.95. The molecule has 4 aromatic rings. The van der Waals surface area contributed by atoms with Gasteiger partial charge < -0.3 is 9.80 Å². The van der Waals surface area contributed by atoms with Crippen molar-refractivity contribution >= 4 is 33.7 Å². The molecule has 0 saturated carbocycles. The van der Waals surface area contributed by atoms with E-state index in [-0.39, 0.29) is 0 Å². The highest BCUT2D eigenvalue weighted by molar-refractivity contribution is 5.88. The minimum Gasteiger partial charge on any atom is -0.355 e.